The van der Waals surface area contributed by atoms with Crippen LogP contribution in [0.25, 0.3) is 0 Å². The molecule has 4 aliphatic rings. The summed E-state index contributed by atoms with van der Waals surface area (Å²) in [5, 5.41) is 3.03. The van der Waals surface area contributed by atoms with Crippen molar-refractivity contribution in [3.05, 3.63) is 0 Å². The van der Waals surface area contributed by atoms with Crippen LogP contribution in [0, 0.1) is 29.6 Å². The fourth-order valence-electron chi connectivity index (χ4n) is 3.58. The van der Waals surface area contributed by atoms with E-state index >= 15 is 0 Å². The van der Waals surface area contributed by atoms with Crippen LogP contribution < -0.4 is 5.32 Å². The van der Waals surface area contributed by atoms with Gasteiger partial charge in [0.05, 0.1) is 0 Å². The summed E-state index contributed by atoms with van der Waals surface area (Å²) in [6.07, 6.45) is 0. The van der Waals surface area contributed by atoms with Gasteiger partial charge in [0, 0.05) is 12.0 Å². The van der Waals surface area contributed by atoms with Gasteiger partial charge < -0.3 is 5.32 Å². The van der Waals surface area contributed by atoms with Crippen molar-refractivity contribution in [2.45, 2.75) is 6.04 Å². The van der Waals surface area contributed by atoms with Gasteiger partial charge in [-0.25, -0.2) is 0 Å². The second-order valence-corrected chi connectivity index (χ2v) is 3.87. The lowest BCUT2D eigenvalue weighted by Crippen LogP contribution is -2.39. The number of hydrogen-bond donors (Lipinski definition) is 1. The fraction of sp³-hybridized carbons (Fsp3) is 0.857. The van der Waals surface area contributed by atoms with Crippen molar-refractivity contribution in [1.29, 1.82) is 0 Å². The molecule has 6 unspecified atom stereocenters. The highest BCUT2D eigenvalue weighted by molar-refractivity contribution is 5.88. The smallest absolute Gasteiger partial charge is 0.224 e. The normalized spacial score (nSPS) is 78.0. The van der Waals surface area contributed by atoms with Gasteiger partial charge in [-0.3, -0.25) is 4.79 Å². The molecule has 4 rings (SSSR count). The highest BCUT2D eigenvalue weighted by atomic mass is 16.2. The second-order valence-electron chi connectivity index (χ2n) is 3.87. The van der Waals surface area contributed by atoms with E-state index in [-0.39, 0.29) is 0 Å². The maximum absolute atomic E-state index is 11.0. The first-order chi connectivity index (χ1) is 4.39. The largest absolute Gasteiger partial charge is 0.352 e. The van der Waals surface area contributed by atoms with Gasteiger partial charge >= 0.3 is 0 Å². The SMILES string of the molecule is O=C1NC2C3C1C1C2C31. The van der Waals surface area contributed by atoms with Gasteiger partial charge in [-0.2, -0.15) is 0 Å². The Bertz CT molecular complexity index is 237. The zero-order valence-electron chi connectivity index (χ0n) is 4.87. The van der Waals surface area contributed by atoms with Crippen LogP contribution in [-0.2, 0) is 4.79 Å². The van der Waals surface area contributed by atoms with E-state index < -0.39 is 0 Å². The van der Waals surface area contributed by atoms with Crippen molar-refractivity contribution < 1.29 is 4.79 Å². The molecule has 0 spiro atoms. The Balaban J connectivity index is 1.99. The molecule has 1 aliphatic heterocycles. The Labute approximate surface area is 52.6 Å². The van der Waals surface area contributed by atoms with Gasteiger partial charge in [-0.05, 0) is 23.7 Å². The molecule has 0 radical (unpaired) electrons. The molecule has 1 N–H and O–H groups in total. The number of amides is 1. The quantitative estimate of drug-likeness (QED) is 0.464. The average Bonchev–Trinajstić information content (AvgIpc) is 2.05. The van der Waals surface area contributed by atoms with Gasteiger partial charge in [0.15, 0.2) is 0 Å². The highest BCUT2D eigenvalue weighted by Crippen LogP contribution is 2.82. The number of carbonyl (C=O) groups excluding carboxylic acids is 1. The summed E-state index contributed by atoms with van der Waals surface area (Å²) >= 11 is 0. The standard InChI is InChI=1S/C7H7NO/c9-7-5-2-1-3(2)6(8-7)4(1)5/h1-6H,(H,8,9). The zero-order chi connectivity index (χ0) is 5.75. The van der Waals surface area contributed by atoms with Crippen LogP contribution in [0.4, 0.5) is 0 Å². The maximum atomic E-state index is 11.0. The number of carbonyl (C=O) groups is 1. The molecule has 0 bridgehead atoms. The Hall–Kier alpha value is -0.530. The second kappa shape index (κ2) is 0.678. The predicted molar refractivity (Wildman–Crippen MR) is 29.4 cm³/mol. The van der Waals surface area contributed by atoms with Crippen LogP contribution in [0.2, 0.25) is 0 Å². The molecule has 0 aromatic carbocycles. The number of nitrogens with one attached hydrogen (secondary N) is 1. The molecular formula is C7H7NO. The fourth-order valence-corrected chi connectivity index (χ4v) is 3.58. The minimum atomic E-state index is 0.361. The molecule has 2 nitrogen and oxygen atoms in total. The van der Waals surface area contributed by atoms with Gasteiger partial charge in [0.1, 0.15) is 0 Å². The molecule has 4 fully saturated rings. The lowest BCUT2D eigenvalue weighted by Gasteiger charge is -2.32. The molecule has 6 atom stereocenters. The van der Waals surface area contributed by atoms with Crippen molar-refractivity contribution in [2.24, 2.45) is 29.6 Å². The van der Waals surface area contributed by atoms with Gasteiger partial charge in [0.2, 0.25) is 5.91 Å². The van der Waals surface area contributed by atoms with Gasteiger partial charge in [0.25, 0.3) is 0 Å². The summed E-state index contributed by atoms with van der Waals surface area (Å²) in [7, 11) is 0. The van der Waals surface area contributed by atoms with Crippen molar-refractivity contribution in [2.75, 3.05) is 0 Å². The summed E-state index contributed by atoms with van der Waals surface area (Å²) in [5.74, 6) is 4.50. The summed E-state index contributed by atoms with van der Waals surface area (Å²) < 4.78 is 0. The third-order valence-electron chi connectivity index (χ3n) is 3.91. The summed E-state index contributed by atoms with van der Waals surface area (Å²) in [4.78, 5) is 11.0. The number of fused-ring (bicyclic) bond motifs is 3. The topological polar surface area (TPSA) is 29.1 Å². The van der Waals surface area contributed by atoms with E-state index in [1.807, 2.05) is 0 Å². The summed E-state index contributed by atoms with van der Waals surface area (Å²) in [5.41, 5.74) is 0. The first-order valence-electron chi connectivity index (χ1n) is 3.70. The van der Waals surface area contributed by atoms with E-state index in [9.17, 15) is 4.79 Å². The zero-order valence-corrected chi connectivity index (χ0v) is 4.87. The first-order valence-corrected chi connectivity index (χ1v) is 3.70. The van der Waals surface area contributed by atoms with E-state index in [1.165, 1.54) is 0 Å². The molecule has 0 aromatic heterocycles. The Morgan fingerprint density at radius 3 is 2.56 bits per heavy atom. The lowest BCUT2D eigenvalue weighted by atomic mass is 9.71. The maximum Gasteiger partial charge on any atom is 0.224 e. The number of piperidine rings is 1. The monoisotopic (exact) mass is 121 g/mol. The predicted octanol–water partition coefficient (Wildman–Crippen LogP) is -0.393. The van der Waals surface area contributed by atoms with E-state index in [4.69, 9.17) is 0 Å². The van der Waals surface area contributed by atoms with Crippen molar-refractivity contribution in [1.82, 2.24) is 5.32 Å². The third kappa shape index (κ3) is 0.159. The highest BCUT2D eigenvalue weighted by Gasteiger charge is 2.87. The van der Waals surface area contributed by atoms with Crippen LogP contribution in [0.1, 0.15) is 0 Å². The van der Waals surface area contributed by atoms with E-state index in [0.29, 0.717) is 17.9 Å². The number of hydrogen-bond acceptors (Lipinski definition) is 1. The van der Waals surface area contributed by atoms with Crippen LogP contribution in [-0.4, -0.2) is 11.9 Å². The van der Waals surface area contributed by atoms with Crippen molar-refractivity contribution >= 4 is 5.91 Å². The molecule has 3 aliphatic carbocycles. The Kier molecular flexibility index (Phi) is 0.271. The van der Waals surface area contributed by atoms with Crippen LogP contribution in [0.5, 0.6) is 0 Å². The Morgan fingerprint density at radius 1 is 1.11 bits per heavy atom. The molecule has 1 amide bonds. The van der Waals surface area contributed by atoms with Crippen LogP contribution >= 0.6 is 0 Å². The molecule has 46 valence electrons. The molecule has 0 aromatic rings. The Morgan fingerprint density at radius 2 is 2.00 bits per heavy atom. The minimum absolute atomic E-state index is 0.361. The molecule has 9 heavy (non-hydrogen) atoms. The van der Waals surface area contributed by atoms with Gasteiger partial charge in [-0.1, -0.05) is 0 Å². The molecule has 3 saturated carbocycles. The molecular weight excluding hydrogens is 114 g/mol. The lowest BCUT2D eigenvalue weighted by molar-refractivity contribution is -0.125. The number of rotatable bonds is 0. The van der Waals surface area contributed by atoms with E-state index in [0.717, 1.165) is 23.7 Å². The van der Waals surface area contributed by atoms with Gasteiger partial charge in [-0.15, -0.1) is 0 Å². The molecule has 2 heteroatoms. The van der Waals surface area contributed by atoms with E-state index in [2.05, 4.69) is 5.32 Å². The molecule has 1 heterocycles. The summed E-state index contributed by atoms with van der Waals surface area (Å²) in [6, 6.07) is 0.650. The first kappa shape index (κ1) is 3.59. The van der Waals surface area contributed by atoms with Crippen molar-refractivity contribution in [3.8, 4) is 0 Å². The average molecular weight is 121 g/mol. The summed E-state index contributed by atoms with van der Waals surface area (Å²) in [6.45, 7) is 0. The van der Waals surface area contributed by atoms with Crippen LogP contribution in [0.3, 0.4) is 0 Å². The third-order valence-corrected chi connectivity index (χ3v) is 3.91. The van der Waals surface area contributed by atoms with E-state index in [1.54, 1.807) is 0 Å². The van der Waals surface area contributed by atoms with Crippen molar-refractivity contribution in [3.63, 3.8) is 0 Å². The molecule has 1 saturated heterocycles. The minimum Gasteiger partial charge on any atom is -0.352 e. The van der Waals surface area contributed by atoms with Crippen LogP contribution in [0.15, 0.2) is 0 Å².